The maximum absolute atomic E-state index is 11.8. The van der Waals surface area contributed by atoms with Gasteiger partial charge in [-0.2, -0.15) is 0 Å². The van der Waals surface area contributed by atoms with Crippen molar-refractivity contribution in [2.75, 3.05) is 0 Å². The predicted molar refractivity (Wildman–Crippen MR) is 64.5 cm³/mol. The average molecular weight is 256 g/mol. The van der Waals surface area contributed by atoms with E-state index in [9.17, 15) is 14.4 Å². The number of hydrogen-bond acceptors (Lipinski definition) is 3. The predicted octanol–water partition coefficient (Wildman–Crippen LogP) is 0.258. The summed E-state index contributed by atoms with van der Waals surface area (Å²) in [5.74, 6) is -2.08. The third-order valence-electron chi connectivity index (χ3n) is 3.55. The van der Waals surface area contributed by atoms with Crippen LogP contribution in [-0.2, 0) is 14.4 Å². The summed E-state index contributed by atoms with van der Waals surface area (Å²) in [4.78, 5) is 34.1. The van der Waals surface area contributed by atoms with Crippen LogP contribution in [-0.4, -0.2) is 28.9 Å². The molecule has 0 radical (unpaired) electrons. The summed E-state index contributed by atoms with van der Waals surface area (Å²) in [6.45, 7) is 3.54. The molecule has 0 saturated heterocycles. The first-order valence-electron chi connectivity index (χ1n) is 6.10. The first-order chi connectivity index (χ1) is 8.28. The van der Waals surface area contributed by atoms with Gasteiger partial charge in [-0.3, -0.25) is 14.4 Å². The number of carbonyl (C=O) groups is 3. The number of amides is 2. The Labute approximate surface area is 106 Å². The number of carbonyl (C=O) groups excluding carboxylic acids is 2. The Balaban J connectivity index is 2.60. The number of carboxylic acids is 1. The maximum atomic E-state index is 11.8. The molecule has 0 aromatic rings. The smallest absolute Gasteiger partial charge is 0.310 e. The van der Waals surface area contributed by atoms with Gasteiger partial charge in [-0.25, -0.2) is 0 Å². The number of nitrogens with one attached hydrogen (secondary N) is 1. The highest BCUT2D eigenvalue weighted by molar-refractivity contribution is 5.89. The molecule has 0 aromatic carbocycles. The van der Waals surface area contributed by atoms with E-state index in [-0.39, 0.29) is 12.3 Å². The van der Waals surface area contributed by atoms with Gasteiger partial charge < -0.3 is 16.2 Å². The summed E-state index contributed by atoms with van der Waals surface area (Å²) in [5, 5.41) is 11.6. The van der Waals surface area contributed by atoms with E-state index in [0.29, 0.717) is 12.8 Å². The number of primary amides is 1. The van der Waals surface area contributed by atoms with Gasteiger partial charge in [0.2, 0.25) is 11.8 Å². The fourth-order valence-electron chi connectivity index (χ4n) is 2.17. The normalized spacial score (nSPS) is 18.8. The minimum Gasteiger partial charge on any atom is -0.481 e. The van der Waals surface area contributed by atoms with Crippen LogP contribution < -0.4 is 11.1 Å². The van der Waals surface area contributed by atoms with E-state index in [0.717, 1.165) is 6.42 Å². The molecule has 0 aromatic heterocycles. The van der Waals surface area contributed by atoms with Crippen LogP contribution in [0.2, 0.25) is 0 Å². The lowest BCUT2D eigenvalue weighted by Gasteiger charge is -2.37. The summed E-state index contributed by atoms with van der Waals surface area (Å²) in [6.07, 6.45) is 1.76. The Bertz CT molecular complexity index is 361. The third-order valence-corrected chi connectivity index (χ3v) is 3.55. The van der Waals surface area contributed by atoms with E-state index in [1.165, 1.54) is 0 Å². The van der Waals surface area contributed by atoms with Crippen molar-refractivity contribution in [1.82, 2.24) is 5.32 Å². The second-order valence-corrected chi connectivity index (χ2v) is 5.31. The van der Waals surface area contributed by atoms with Crippen LogP contribution in [0.3, 0.4) is 0 Å². The summed E-state index contributed by atoms with van der Waals surface area (Å²) < 4.78 is 0. The number of carboxylic acid groups (broad SMARTS) is 1. The zero-order chi connectivity index (χ0) is 13.9. The van der Waals surface area contributed by atoms with Crippen molar-refractivity contribution >= 4 is 17.8 Å². The molecule has 1 rings (SSSR count). The van der Waals surface area contributed by atoms with E-state index >= 15 is 0 Å². The number of rotatable bonds is 6. The molecule has 1 saturated carbocycles. The Morgan fingerprint density at radius 3 is 2.17 bits per heavy atom. The van der Waals surface area contributed by atoms with Crippen LogP contribution in [0.4, 0.5) is 0 Å². The van der Waals surface area contributed by atoms with Gasteiger partial charge in [0.1, 0.15) is 6.04 Å². The van der Waals surface area contributed by atoms with Crippen LogP contribution in [0.5, 0.6) is 0 Å². The highest BCUT2D eigenvalue weighted by Crippen LogP contribution is 2.44. The van der Waals surface area contributed by atoms with E-state index in [2.05, 4.69) is 5.32 Å². The van der Waals surface area contributed by atoms with Crippen LogP contribution >= 0.6 is 0 Å². The Morgan fingerprint density at radius 1 is 1.33 bits per heavy atom. The van der Waals surface area contributed by atoms with Crippen molar-refractivity contribution in [1.29, 1.82) is 0 Å². The molecule has 1 fully saturated rings. The van der Waals surface area contributed by atoms with E-state index in [4.69, 9.17) is 10.8 Å². The minimum atomic E-state index is -0.941. The van der Waals surface area contributed by atoms with Gasteiger partial charge in [-0.05, 0) is 18.8 Å². The van der Waals surface area contributed by atoms with Crippen LogP contribution in [0.25, 0.3) is 0 Å². The molecule has 0 spiro atoms. The molecule has 1 aliphatic carbocycles. The van der Waals surface area contributed by atoms with Gasteiger partial charge in [0.05, 0.1) is 5.41 Å². The van der Waals surface area contributed by atoms with Crippen LogP contribution in [0.1, 0.15) is 39.5 Å². The van der Waals surface area contributed by atoms with E-state index < -0.39 is 29.2 Å². The zero-order valence-electron chi connectivity index (χ0n) is 10.7. The van der Waals surface area contributed by atoms with Gasteiger partial charge in [0.15, 0.2) is 0 Å². The number of hydrogen-bond donors (Lipinski definition) is 3. The van der Waals surface area contributed by atoms with Gasteiger partial charge in [-0.1, -0.05) is 20.3 Å². The monoisotopic (exact) mass is 256 g/mol. The Kier molecular flexibility index (Phi) is 4.32. The lowest BCUT2D eigenvalue weighted by Crippen LogP contribution is -2.50. The molecule has 1 unspecified atom stereocenters. The highest BCUT2D eigenvalue weighted by atomic mass is 16.4. The molecular formula is C12H20N2O4. The minimum absolute atomic E-state index is 0.0845. The molecule has 4 N–H and O–H groups in total. The molecule has 102 valence electrons. The SMILES string of the molecule is CC(C)C(NC(=O)CC1(C(=O)O)CCC1)C(N)=O. The summed E-state index contributed by atoms with van der Waals surface area (Å²) in [7, 11) is 0. The van der Waals surface area contributed by atoms with Gasteiger partial charge in [-0.15, -0.1) is 0 Å². The fraction of sp³-hybridized carbons (Fsp3) is 0.750. The zero-order valence-corrected chi connectivity index (χ0v) is 10.7. The van der Waals surface area contributed by atoms with Crippen molar-refractivity contribution < 1.29 is 19.5 Å². The molecule has 0 heterocycles. The quantitative estimate of drug-likeness (QED) is 0.633. The second-order valence-electron chi connectivity index (χ2n) is 5.31. The number of aliphatic carboxylic acids is 1. The molecule has 0 aliphatic heterocycles. The van der Waals surface area contributed by atoms with Crippen molar-refractivity contribution in [3.8, 4) is 0 Å². The molecule has 1 aliphatic rings. The Morgan fingerprint density at radius 2 is 1.89 bits per heavy atom. The van der Waals surface area contributed by atoms with Crippen molar-refractivity contribution in [2.45, 2.75) is 45.6 Å². The summed E-state index contributed by atoms with van der Waals surface area (Å²) >= 11 is 0. The third kappa shape index (κ3) is 3.00. The lowest BCUT2D eigenvalue weighted by atomic mass is 9.66. The first-order valence-corrected chi connectivity index (χ1v) is 6.10. The van der Waals surface area contributed by atoms with Crippen molar-refractivity contribution in [3.63, 3.8) is 0 Å². The van der Waals surface area contributed by atoms with Crippen molar-refractivity contribution in [2.24, 2.45) is 17.1 Å². The molecule has 6 nitrogen and oxygen atoms in total. The van der Waals surface area contributed by atoms with Crippen LogP contribution in [0.15, 0.2) is 0 Å². The topological polar surface area (TPSA) is 109 Å². The number of nitrogens with two attached hydrogens (primary N) is 1. The fourth-order valence-corrected chi connectivity index (χ4v) is 2.17. The van der Waals surface area contributed by atoms with E-state index in [1.807, 2.05) is 0 Å². The van der Waals surface area contributed by atoms with Gasteiger partial charge in [0, 0.05) is 6.42 Å². The molecule has 0 bridgehead atoms. The molecule has 18 heavy (non-hydrogen) atoms. The average Bonchev–Trinajstić information content (AvgIpc) is 2.18. The standard InChI is InChI=1S/C12H20N2O4/c1-7(2)9(10(13)16)14-8(15)6-12(11(17)18)4-3-5-12/h7,9H,3-6H2,1-2H3,(H2,13,16)(H,14,15)(H,17,18). The molecular weight excluding hydrogens is 236 g/mol. The van der Waals surface area contributed by atoms with Gasteiger partial charge >= 0.3 is 5.97 Å². The highest BCUT2D eigenvalue weighted by Gasteiger charge is 2.46. The summed E-state index contributed by atoms with van der Waals surface area (Å²) in [6, 6.07) is -0.747. The molecule has 1 atom stereocenters. The molecule has 6 heteroatoms. The van der Waals surface area contributed by atoms with Gasteiger partial charge in [0.25, 0.3) is 0 Å². The Hall–Kier alpha value is -1.59. The molecule has 2 amide bonds. The maximum Gasteiger partial charge on any atom is 0.310 e. The largest absolute Gasteiger partial charge is 0.481 e. The second kappa shape index (κ2) is 5.37. The summed E-state index contributed by atoms with van der Waals surface area (Å²) in [5.41, 5.74) is 4.24. The first kappa shape index (κ1) is 14.5. The van der Waals surface area contributed by atoms with E-state index in [1.54, 1.807) is 13.8 Å². The van der Waals surface area contributed by atoms with Crippen LogP contribution in [0, 0.1) is 11.3 Å². The lowest BCUT2D eigenvalue weighted by molar-refractivity contribution is -0.157. The van der Waals surface area contributed by atoms with Crippen molar-refractivity contribution in [3.05, 3.63) is 0 Å².